The number of hydrogen-bond acceptors (Lipinski definition) is 2. The Kier molecular flexibility index (Phi) is 5.89. The molecular weight excluding hydrogens is 326 g/mol. The van der Waals surface area contributed by atoms with E-state index in [1.807, 2.05) is 49.4 Å². The van der Waals surface area contributed by atoms with Crippen LogP contribution in [0.1, 0.15) is 17.5 Å². The Morgan fingerprint density at radius 3 is 2.50 bits per heavy atom. The minimum absolute atomic E-state index is 0.0998. The normalized spacial score (nSPS) is 14.0. The van der Waals surface area contributed by atoms with Crippen LogP contribution in [0.2, 0.25) is 0 Å². The highest BCUT2D eigenvalue weighted by atomic mass is 16.2. The maximum atomic E-state index is 12.5. The zero-order chi connectivity index (χ0) is 18.4. The average Bonchev–Trinajstić information content (AvgIpc) is 3.01. The van der Waals surface area contributed by atoms with E-state index in [9.17, 15) is 9.59 Å². The lowest BCUT2D eigenvalue weighted by atomic mass is 10.1. The minimum Gasteiger partial charge on any atom is -0.355 e. The van der Waals surface area contributed by atoms with Crippen LogP contribution in [-0.2, 0) is 11.2 Å². The highest BCUT2D eigenvalue weighted by molar-refractivity contribution is 5.96. The standard InChI is InChI=1S/C21H25N3O2/c1-17-9-11-19(12-10-17)24-15-14-23(21(24)26)16-20(25)22-13-5-8-18-6-3-2-4-7-18/h2-4,6-7,9-12H,5,8,13-16H2,1H3,(H,22,25). The van der Waals surface area contributed by atoms with Crippen LogP contribution in [0.4, 0.5) is 10.5 Å². The van der Waals surface area contributed by atoms with E-state index < -0.39 is 0 Å². The molecule has 0 bridgehead atoms. The van der Waals surface area contributed by atoms with Gasteiger partial charge < -0.3 is 10.2 Å². The molecule has 1 heterocycles. The van der Waals surface area contributed by atoms with Gasteiger partial charge >= 0.3 is 6.03 Å². The van der Waals surface area contributed by atoms with Crippen LogP contribution in [0.3, 0.4) is 0 Å². The zero-order valence-electron chi connectivity index (χ0n) is 15.1. The lowest BCUT2D eigenvalue weighted by Crippen LogP contribution is -2.40. The number of anilines is 1. The smallest absolute Gasteiger partial charge is 0.325 e. The first-order chi connectivity index (χ1) is 12.6. The summed E-state index contributed by atoms with van der Waals surface area (Å²) in [5.41, 5.74) is 3.31. The van der Waals surface area contributed by atoms with E-state index in [1.165, 1.54) is 5.56 Å². The van der Waals surface area contributed by atoms with E-state index in [-0.39, 0.29) is 18.5 Å². The summed E-state index contributed by atoms with van der Waals surface area (Å²) >= 11 is 0. The second-order valence-electron chi connectivity index (χ2n) is 6.63. The number of benzene rings is 2. The van der Waals surface area contributed by atoms with Gasteiger partial charge in [0, 0.05) is 25.3 Å². The van der Waals surface area contributed by atoms with Crippen molar-refractivity contribution in [3.05, 3.63) is 65.7 Å². The molecule has 26 heavy (non-hydrogen) atoms. The van der Waals surface area contributed by atoms with Crippen molar-refractivity contribution in [3.63, 3.8) is 0 Å². The van der Waals surface area contributed by atoms with Gasteiger partial charge in [0.25, 0.3) is 0 Å². The quantitative estimate of drug-likeness (QED) is 0.780. The van der Waals surface area contributed by atoms with E-state index in [0.29, 0.717) is 19.6 Å². The number of hydrogen-bond donors (Lipinski definition) is 1. The van der Waals surface area contributed by atoms with Gasteiger partial charge in [-0.3, -0.25) is 9.69 Å². The van der Waals surface area contributed by atoms with Gasteiger partial charge in [-0.1, -0.05) is 48.0 Å². The molecule has 5 heteroatoms. The van der Waals surface area contributed by atoms with Crippen LogP contribution < -0.4 is 10.2 Å². The number of nitrogens with zero attached hydrogens (tertiary/aromatic N) is 2. The predicted molar refractivity (Wildman–Crippen MR) is 103 cm³/mol. The summed E-state index contributed by atoms with van der Waals surface area (Å²) in [4.78, 5) is 28.0. The van der Waals surface area contributed by atoms with E-state index in [0.717, 1.165) is 24.1 Å². The van der Waals surface area contributed by atoms with Crippen molar-refractivity contribution in [2.75, 3.05) is 31.1 Å². The van der Waals surface area contributed by atoms with Gasteiger partial charge in [0.05, 0.1) is 0 Å². The van der Waals surface area contributed by atoms with Gasteiger partial charge in [-0.2, -0.15) is 0 Å². The summed E-state index contributed by atoms with van der Waals surface area (Å²) in [6.45, 7) is 3.95. The van der Waals surface area contributed by atoms with E-state index >= 15 is 0 Å². The van der Waals surface area contributed by atoms with Crippen LogP contribution in [0.5, 0.6) is 0 Å². The first-order valence-electron chi connectivity index (χ1n) is 9.07. The summed E-state index contributed by atoms with van der Waals surface area (Å²) in [5.74, 6) is -0.0998. The molecule has 1 aliphatic heterocycles. The molecule has 5 nitrogen and oxygen atoms in total. The van der Waals surface area contributed by atoms with Gasteiger partial charge in [0.1, 0.15) is 6.54 Å². The second-order valence-corrected chi connectivity index (χ2v) is 6.63. The molecule has 1 saturated heterocycles. The van der Waals surface area contributed by atoms with E-state index in [2.05, 4.69) is 17.4 Å². The molecule has 0 atom stereocenters. The molecule has 2 aromatic carbocycles. The molecule has 0 spiro atoms. The number of aryl methyl sites for hydroxylation is 2. The fourth-order valence-electron chi connectivity index (χ4n) is 3.09. The summed E-state index contributed by atoms with van der Waals surface area (Å²) in [5, 5.41) is 2.91. The number of nitrogens with one attached hydrogen (secondary N) is 1. The summed E-state index contributed by atoms with van der Waals surface area (Å²) in [7, 11) is 0. The number of carbonyl (C=O) groups excluding carboxylic acids is 2. The third-order valence-corrected chi connectivity index (χ3v) is 4.58. The Labute approximate surface area is 154 Å². The Morgan fingerprint density at radius 1 is 1.04 bits per heavy atom. The molecule has 0 aromatic heterocycles. The Bertz CT molecular complexity index is 744. The van der Waals surface area contributed by atoms with Crippen molar-refractivity contribution in [1.29, 1.82) is 0 Å². The fraction of sp³-hybridized carbons (Fsp3) is 0.333. The molecule has 1 N–H and O–H groups in total. The molecule has 0 saturated carbocycles. The summed E-state index contributed by atoms with van der Waals surface area (Å²) in [6.07, 6.45) is 1.82. The predicted octanol–water partition coefficient (Wildman–Crippen LogP) is 2.99. The molecular formula is C21H25N3O2. The lowest BCUT2D eigenvalue weighted by Gasteiger charge is -2.18. The van der Waals surface area contributed by atoms with Crippen molar-refractivity contribution >= 4 is 17.6 Å². The fourth-order valence-corrected chi connectivity index (χ4v) is 3.09. The van der Waals surface area contributed by atoms with Crippen LogP contribution in [0.15, 0.2) is 54.6 Å². The zero-order valence-corrected chi connectivity index (χ0v) is 15.1. The average molecular weight is 351 g/mol. The van der Waals surface area contributed by atoms with E-state index in [1.54, 1.807) is 9.80 Å². The van der Waals surface area contributed by atoms with Gasteiger partial charge in [0.2, 0.25) is 5.91 Å². The van der Waals surface area contributed by atoms with Gasteiger partial charge in [-0.25, -0.2) is 4.79 Å². The van der Waals surface area contributed by atoms with Crippen LogP contribution in [0, 0.1) is 6.92 Å². The number of amides is 3. The van der Waals surface area contributed by atoms with Crippen molar-refractivity contribution in [2.45, 2.75) is 19.8 Å². The first kappa shape index (κ1) is 18.0. The number of carbonyl (C=O) groups is 2. The third-order valence-electron chi connectivity index (χ3n) is 4.58. The largest absolute Gasteiger partial charge is 0.355 e. The van der Waals surface area contributed by atoms with Crippen molar-refractivity contribution in [2.24, 2.45) is 0 Å². The summed E-state index contributed by atoms with van der Waals surface area (Å²) < 4.78 is 0. The molecule has 1 fully saturated rings. The monoisotopic (exact) mass is 351 g/mol. The van der Waals surface area contributed by atoms with Crippen molar-refractivity contribution < 1.29 is 9.59 Å². The highest BCUT2D eigenvalue weighted by Crippen LogP contribution is 2.20. The maximum Gasteiger partial charge on any atom is 0.325 e. The van der Waals surface area contributed by atoms with Crippen molar-refractivity contribution in [3.8, 4) is 0 Å². The third kappa shape index (κ3) is 4.63. The number of urea groups is 1. The molecule has 3 rings (SSSR count). The molecule has 0 radical (unpaired) electrons. The Hall–Kier alpha value is -2.82. The van der Waals surface area contributed by atoms with Crippen LogP contribution in [0.25, 0.3) is 0 Å². The molecule has 3 amide bonds. The van der Waals surface area contributed by atoms with Gasteiger partial charge in [-0.15, -0.1) is 0 Å². The van der Waals surface area contributed by atoms with Crippen molar-refractivity contribution in [1.82, 2.24) is 10.2 Å². The Morgan fingerprint density at radius 2 is 1.77 bits per heavy atom. The van der Waals surface area contributed by atoms with Gasteiger partial charge in [0.15, 0.2) is 0 Å². The second kappa shape index (κ2) is 8.52. The van der Waals surface area contributed by atoms with Gasteiger partial charge in [-0.05, 0) is 37.5 Å². The molecule has 136 valence electrons. The first-order valence-corrected chi connectivity index (χ1v) is 9.07. The Balaban J connectivity index is 1.42. The summed E-state index contributed by atoms with van der Waals surface area (Å²) in [6, 6.07) is 18.0. The number of rotatable bonds is 7. The molecule has 1 aliphatic rings. The molecule has 2 aromatic rings. The lowest BCUT2D eigenvalue weighted by molar-refractivity contribution is -0.121. The SMILES string of the molecule is Cc1ccc(N2CCN(CC(=O)NCCCc3ccccc3)C2=O)cc1. The minimum atomic E-state index is -0.103. The van der Waals surface area contributed by atoms with E-state index in [4.69, 9.17) is 0 Å². The van der Waals surface area contributed by atoms with Crippen LogP contribution >= 0.6 is 0 Å². The molecule has 0 unspecified atom stereocenters. The maximum absolute atomic E-state index is 12.5. The van der Waals surface area contributed by atoms with Crippen LogP contribution in [-0.4, -0.2) is 43.0 Å². The molecule has 0 aliphatic carbocycles. The highest BCUT2D eigenvalue weighted by Gasteiger charge is 2.30. The topological polar surface area (TPSA) is 52.6 Å².